The van der Waals surface area contributed by atoms with Crippen LogP contribution < -0.4 is 19.5 Å². The van der Waals surface area contributed by atoms with Crippen LogP contribution in [0.25, 0.3) is 0 Å². The van der Waals surface area contributed by atoms with Gasteiger partial charge in [0, 0.05) is 19.2 Å². The minimum Gasteiger partial charge on any atom is -0.493 e. The smallest absolute Gasteiger partial charge is 0.325 e. The molecule has 2 aromatic rings. The number of carbonyl (C=O) groups excluding carboxylic acids is 2. The van der Waals surface area contributed by atoms with E-state index in [0.29, 0.717) is 11.5 Å². The minimum atomic E-state index is -0.549. The molecule has 0 radical (unpaired) electrons. The first kappa shape index (κ1) is 27.8. The van der Waals surface area contributed by atoms with E-state index in [9.17, 15) is 9.59 Å². The quantitative estimate of drug-likeness (QED) is 0.426. The first-order valence-electron chi connectivity index (χ1n) is 10.5. The molecule has 1 aromatic heterocycles. The van der Waals surface area contributed by atoms with Crippen LogP contribution in [0.2, 0.25) is 0 Å². The third kappa shape index (κ3) is 11.3. The van der Waals surface area contributed by atoms with Gasteiger partial charge >= 0.3 is 11.9 Å². The van der Waals surface area contributed by atoms with Crippen LogP contribution in [0.4, 0.5) is 0 Å². The highest BCUT2D eigenvalue weighted by Crippen LogP contribution is 2.29. The number of rotatable bonds is 9. The molecule has 0 spiro atoms. The van der Waals surface area contributed by atoms with Gasteiger partial charge in [-0.3, -0.25) is 9.59 Å². The van der Waals surface area contributed by atoms with Crippen molar-refractivity contribution >= 4 is 29.1 Å². The van der Waals surface area contributed by atoms with Gasteiger partial charge < -0.3 is 24.3 Å². The van der Waals surface area contributed by atoms with Crippen LogP contribution in [0.1, 0.15) is 40.3 Å². The maximum Gasteiger partial charge on any atom is 0.325 e. The third-order valence-electron chi connectivity index (χ3n) is 3.50. The number of methoxy groups -OCH3 is 1. The average Bonchev–Trinajstić information content (AvgIpc) is 2.76. The summed E-state index contributed by atoms with van der Waals surface area (Å²) in [5, 5.41) is 2.74. The number of para-hydroxylation sites is 1. The number of hydrogen-bond donors (Lipinski definition) is 1. The fraction of sp³-hybridized carbons (Fsp3) is 0.417. The lowest BCUT2D eigenvalue weighted by molar-refractivity contribution is -0.144. The Hall–Kier alpha value is -3.20. The maximum absolute atomic E-state index is 12.0. The van der Waals surface area contributed by atoms with E-state index in [-0.39, 0.29) is 35.7 Å². The maximum atomic E-state index is 12.0. The van der Waals surface area contributed by atoms with Crippen LogP contribution in [0.15, 0.2) is 42.6 Å². The van der Waals surface area contributed by atoms with E-state index >= 15 is 0 Å². The van der Waals surface area contributed by atoms with Crippen molar-refractivity contribution in [2.45, 2.75) is 40.7 Å². The molecule has 33 heavy (non-hydrogen) atoms. The van der Waals surface area contributed by atoms with Crippen LogP contribution in [-0.2, 0) is 14.3 Å². The normalized spacial score (nSPS) is 10.9. The van der Waals surface area contributed by atoms with Gasteiger partial charge in [0.05, 0.1) is 7.11 Å². The third-order valence-corrected chi connectivity index (χ3v) is 3.84. The first-order valence-corrected chi connectivity index (χ1v) is 10.9. The zero-order valence-electron chi connectivity index (χ0n) is 19.9. The van der Waals surface area contributed by atoms with Crippen molar-refractivity contribution in [1.29, 1.82) is 0 Å². The summed E-state index contributed by atoms with van der Waals surface area (Å²) in [5.41, 5.74) is 0.183. The van der Waals surface area contributed by atoms with Gasteiger partial charge in [0.2, 0.25) is 5.75 Å². The molecule has 1 atom stereocenters. The molecule has 0 aliphatic carbocycles. The number of nitrogens with zero attached hydrogens (tertiary/aromatic N) is 1. The molecule has 0 amide bonds. The molecule has 9 heteroatoms. The number of esters is 2. The van der Waals surface area contributed by atoms with Gasteiger partial charge in [-0.05, 0) is 25.0 Å². The monoisotopic (exact) mass is 476 g/mol. The number of hydrogen-bond acceptors (Lipinski definition) is 8. The predicted octanol–water partition coefficient (Wildman–Crippen LogP) is 3.95. The highest BCUT2D eigenvalue weighted by molar-refractivity contribution is 7.80. The van der Waals surface area contributed by atoms with Crippen LogP contribution in [0.5, 0.6) is 17.2 Å². The van der Waals surface area contributed by atoms with Crippen LogP contribution in [0, 0.1) is 5.92 Å². The van der Waals surface area contributed by atoms with E-state index in [1.807, 2.05) is 30.3 Å². The SMILES string of the molecule is CC(C)C.COc1ccnc(C(=S)NCC(=O)OCC(C)Oc2ccccc2)c1OC(C)=O. The molecule has 0 aliphatic rings. The molecular weight excluding hydrogens is 444 g/mol. The summed E-state index contributed by atoms with van der Waals surface area (Å²) in [5.74, 6) is 0.833. The summed E-state index contributed by atoms with van der Waals surface area (Å²) >= 11 is 5.26. The fourth-order valence-electron chi connectivity index (χ4n) is 2.26. The second kappa shape index (κ2) is 14.8. The Bertz CT molecular complexity index is 902. The second-order valence-corrected chi connectivity index (χ2v) is 8.03. The predicted molar refractivity (Wildman–Crippen MR) is 130 cm³/mol. The summed E-state index contributed by atoms with van der Waals surface area (Å²) in [6, 6.07) is 10.8. The van der Waals surface area contributed by atoms with Crippen LogP contribution >= 0.6 is 12.2 Å². The molecule has 2 rings (SSSR count). The lowest BCUT2D eigenvalue weighted by Gasteiger charge is -2.16. The number of aromatic nitrogens is 1. The van der Waals surface area contributed by atoms with Gasteiger partial charge in [0.25, 0.3) is 0 Å². The van der Waals surface area contributed by atoms with Crippen molar-refractivity contribution in [3.05, 3.63) is 48.3 Å². The van der Waals surface area contributed by atoms with Crippen molar-refractivity contribution in [2.75, 3.05) is 20.3 Å². The minimum absolute atomic E-state index is 0.0816. The summed E-state index contributed by atoms with van der Waals surface area (Å²) in [6.07, 6.45) is 1.14. The van der Waals surface area contributed by atoms with E-state index in [2.05, 4.69) is 31.1 Å². The summed E-state index contributed by atoms with van der Waals surface area (Å²) in [4.78, 5) is 27.6. The summed E-state index contributed by atoms with van der Waals surface area (Å²) < 4.78 is 21.1. The molecule has 0 saturated carbocycles. The Kier molecular flexibility index (Phi) is 12.5. The van der Waals surface area contributed by atoms with E-state index < -0.39 is 11.9 Å². The molecule has 0 aliphatic heterocycles. The molecule has 1 unspecified atom stereocenters. The van der Waals surface area contributed by atoms with E-state index in [0.717, 1.165) is 5.92 Å². The Labute approximate surface area is 200 Å². The number of benzene rings is 1. The molecule has 1 N–H and O–H groups in total. The van der Waals surface area contributed by atoms with Crippen LogP contribution in [-0.4, -0.2) is 48.3 Å². The van der Waals surface area contributed by atoms with Crippen molar-refractivity contribution in [3.63, 3.8) is 0 Å². The Morgan fingerprint density at radius 3 is 2.30 bits per heavy atom. The van der Waals surface area contributed by atoms with Gasteiger partial charge in [0.1, 0.15) is 35.7 Å². The molecule has 1 aromatic carbocycles. The number of thiocarbonyl (C=S) groups is 1. The molecule has 8 nitrogen and oxygen atoms in total. The molecule has 180 valence electrons. The fourth-order valence-corrected chi connectivity index (χ4v) is 2.48. The van der Waals surface area contributed by atoms with E-state index in [1.165, 1.54) is 26.3 Å². The largest absolute Gasteiger partial charge is 0.493 e. The summed E-state index contributed by atoms with van der Waals surface area (Å²) in [6.45, 7) is 9.44. The molecule has 0 fully saturated rings. The van der Waals surface area contributed by atoms with Gasteiger partial charge in [-0.2, -0.15) is 0 Å². The van der Waals surface area contributed by atoms with Gasteiger partial charge in [-0.15, -0.1) is 0 Å². The first-order chi connectivity index (χ1) is 15.6. The number of ether oxygens (including phenoxy) is 4. The zero-order valence-corrected chi connectivity index (χ0v) is 20.7. The molecule has 1 heterocycles. The topological polar surface area (TPSA) is 96.0 Å². The zero-order chi connectivity index (χ0) is 24.8. The highest BCUT2D eigenvalue weighted by Gasteiger charge is 2.19. The number of nitrogens with one attached hydrogen (secondary N) is 1. The van der Waals surface area contributed by atoms with Gasteiger partial charge in [-0.25, -0.2) is 4.98 Å². The lowest BCUT2D eigenvalue weighted by atomic mass is 10.3. The molecule has 0 bridgehead atoms. The van der Waals surface area contributed by atoms with Crippen molar-refractivity contribution in [1.82, 2.24) is 10.3 Å². The molecule has 0 saturated heterocycles. The average molecular weight is 477 g/mol. The highest BCUT2D eigenvalue weighted by atomic mass is 32.1. The van der Waals surface area contributed by atoms with E-state index in [4.69, 9.17) is 31.2 Å². The second-order valence-electron chi connectivity index (χ2n) is 7.62. The standard InChI is InChI=1S/C20H22N2O6S.C4H10/c1-13(27-15-7-5-4-6-8-15)12-26-17(24)11-22-20(29)18-19(28-14(2)23)16(25-3)9-10-21-18;1-4(2)3/h4-10,13H,11-12H2,1-3H3,(H,22,29);4H,1-3H3. The van der Waals surface area contributed by atoms with E-state index in [1.54, 1.807) is 6.92 Å². The Morgan fingerprint density at radius 2 is 1.73 bits per heavy atom. The Balaban J connectivity index is 0.00000125. The lowest BCUT2D eigenvalue weighted by Crippen LogP contribution is -2.32. The Morgan fingerprint density at radius 1 is 1.09 bits per heavy atom. The van der Waals surface area contributed by atoms with Crippen LogP contribution in [0.3, 0.4) is 0 Å². The van der Waals surface area contributed by atoms with Crippen molar-refractivity contribution in [2.24, 2.45) is 5.92 Å². The number of carbonyl (C=O) groups is 2. The van der Waals surface area contributed by atoms with Crippen molar-refractivity contribution in [3.8, 4) is 17.2 Å². The van der Waals surface area contributed by atoms with Crippen molar-refractivity contribution < 1.29 is 28.5 Å². The van der Waals surface area contributed by atoms with Gasteiger partial charge in [-0.1, -0.05) is 51.2 Å². The molecular formula is C24H32N2O6S. The number of pyridine rings is 1. The van der Waals surface area contributed by atoms with Gasteiger partial charge in [0.15, 0.2) is 5.75 Å². The summed E-state index contributed by atoms with van der Waals surface area (Å²) in [7, 11) is 1.43.